The predicted octanol–water partition coefficient (Wildman–Crippen LogP) is 0.640. The molecule has 11 atom stereocenters. The van der Waals surface area contributed by atoms with Crippen molar-refractivity contribution in [3.8, 4) is 0 Å². The number of esters is 4. The van der Waals surface area contributed by atoms with Crippen molar-refractivity contribution in [1.82, 2.24) is 0 Å². The first-order chi connectivity index (χ1) is 18.5. The standard InChI is InChI=1S/C28H38O12/c1-8-9-18(32)39-19-13(2)12-17-28(27(7,40-28)24(34)38-17)22(33)21-25(5,11-10-16(31)26(21,6)35)23(37-15(4)30)20(19)36-14(3)29/h10-12,16-17,19-23,31,33,35H,8-9H2,1-7H3/b13-12-/t16-,17+,19+,20-,21-,22-,23+,25+,26-,27+,28+/m1/s1. The number of hydrogen-bond donors (Lipinski definition) is 3. The van der Waals surface area contributed by atoms with Gasteiger partial charge in [-0.05, 0) is 38.8 Å². The second-order valence-electron chi connectivity index (χ2n) is 11.7. The van der Waals surface area contributed by atoms with Gasteiger partial charge in [-0.25, -0.2) is 4.79 Å². The highest BCUT2D eigenvalue weighted by molar-refractivity contribution is 5.89. The van der Waals surface area contributed by atoms with E-state index in [1.165, 1.54) is 32.1 Å². The van der Waals surface area contributed by atoms with E-state index in [4.69, 9.17) is 23.7 Å². The third-order valence-corrected chi connectivity index (χ3v) is 8.79. The Bertz CT molecular complexity index is 1160. The second kappa shape index (κ2) is 9.93. The van der Waals surface area contributed by atoms with Gasteiger partial charge in [0.2, 0.25) is 0 Å². The molecule has 3 N–H and O–H groups in total. The SMILES string of the molecule is CCCC(=O)O[C@H]1/C(C)=C\[C@@H]2OC(=O)[C@]3(C)O[C@]23[C@H](O)[C@H]2[C@](C)(O)[C@H](O)C=C[C@]2(C)[C@@H](OC(C)=O)[C@@H]1OC(C)=O. The Labute approximate surface area is 232 Å². The van der Waals surface area contributed by atoms with E-state index >= 15 is 0 Å². The Balaban J connectivity index is 2.04. The minimum atomic E-state index is -2.08. The van der Waals surface area contributed by atoms with E-state index in [0.29, 0.717) is 6.42 Å². The van der Waals surface area contributed by atoms with E-state index in [1.54, 1.807) is 20.8 Å². The Morgan fingerprint density at radius 3 is 2.23 bits per heavy atom. The summed E-state index contributed by atoms with van der Waals surface area (Å²) in [6.07, 6.45) is -3.91. The summed E-state index contributed by atoms with van der Waals surface area (Å²) in [7, 11) is 0. The van der Waals surface area contributed by atoms with Gasteiger partial charge < -0.3 is 39.0 Å². The third-order valence-electron chi connectivity index (χ3n) is 8.79. The van der Waals surface area contributed by atoms with Crippen LogP contribution in [0.1, 0.15) is 61.3 Å². The summed E-state index contributed by atoms with van der Waals surface area (Å²) in [4.78, 5) is 50.7. The van der Waals surface area contributed by atoms with Crippen molar-refractivity contribution >= 4 is 23.9 Å². The molecule has 0 aromatic rings. The number of fused-ring (bicyclic) bond motifs is 1. The molecule has 0 aromatic carbocycles. The first kappa shape index (κ1) is 30.2. The lowest BCUT2D eigenvalue weighted by Gasteiger charge is -2.55. The van der Waals surface area contributed by atoms with E-state index in [1.807, 2.05) is 0 Å². The largest absolute Gasteiger partial charge is 0.457 e. The molecule has 1 spiro atoms. The second-order valence-corrected chi connectivity index (χ2v) is 11.7. The van der Waals surface area contributed by atoms with Crippen LogP contribution in [0.3, 0.4) is 0 Å². The summed E-state index contributed by atoms with van der Waals surface area (Å²) in [5.41, 5.74) is -6.66. The number of rotatable bonds is 5. The van der Waals surface area contributed by atoms with Gasteiger partial charge in [-0.15, -0.1) is 0 Å². The Morgan fingerprint density at radius 2 is 1.68 bits per heavy atom. The number of hydrogen-bond acceptors (Lipinski definition) is 12. The lowest BCUT2D eigenvalue weighted by atomic mass is 9.55. The van der Waals surface area contributed by atoms with Gasteiger partial charge in [0.1, 0.15) is 6.10 Å². The minimum absolute atomic E-state index is 0.0394. The maximum Gasteiger partial charge on any atom is 0.342 e. The van der Waals surface area contributed by atoms with E-state index in [-0.39, 0.29) is 12.0 Å². The number of aliphatic hydroxyl groups is 3. The number of aliphatic hydroxyl groups excluding tert-OH is 2. The van der Waals surface area contributed by atoms with Gasteiger partial charge in [0.15, 0.2) is 35.6 Å². The quantitative estimate of drug-likeness (QED) is 0.183. The van der Waals surface area contributed by atoms with Crippen LogP contribution in [-0.2, 0) is 42.9 Å². The monoisotopic (exact) mass is 566 g/mol. The summed E-state index contributed by atoms with van der Waals surface area (Å²) in [5.74, 6) is -4.32. The first-order valence-electron chi connectivity index (χ1n) is 13.4. The van der Waals surface area contributed by atoms with Crippen molar-refractivity contribution in [1.29, 1.82) is 0 Å². The Kier molecular flexibility index (Phi) is 7.49. The van der Waals surface area contributed by atoms with Crippen LogP contribution < -0.4 is 0 Å². The van der Waals surface area contributed by atoms with Crippen molar-refractivity contribution in [2.75, 3.05) is 0 Å². The van der Waals surface area contributed by atoms with Crippen LogP contribution in [-0.4, -0.2) is 92.6 Å². The highest BCUT2D eigenvalue weighted by atomic mass is 16.7. The minimum Gasteiger partial charge on any atom is -0.457 e. The molecule has 4 aliphatic rings. The van der Waals surface area contributed by atoms with Crippen LogP contribution in [0.15, 0.2) is 23.8 Å². The van der Waals surface area contributed by atoms with Gasteiger partial charge in [0.25, 0.3) is 0 Å². The number of carbonyl (C=O) groups is 4. The molecule has 12 heteroatoms. The van der Waals surface area contributed by atoms with Gasteiger partial charge in [0.05, 0.1) is 11.7 Å². The molecule has 0 unspecified atom stereocenters. The Morgan fingerprint density at radius 1 is 1.05 bits per heavy atom. The topological polar surface area (TPSA) is 178 Å². The van der Waals surface area contributed by atoms with Crippen LogP contribution in [0.25, 0.3) is 0 Å². The molecule has 40 heavy (non-hydrogen) atoms. The average molecular weight is 567 g/mol. The van der Waals surface area contributed by atoms with Crippen LogP contribution in [0.5, 0.6) is 0 Å². The van der Waals surface area contributed by atoms with Crippen molar-refractivity contribution in [3.05, 3.63) is 23.8 Å². The lowest BCUT2D eigenvalue weighted by molar-refractivity contribution is -0.225. The molecule has 2 aliphatic carbocycles. The molecule has 222 valence electrons. The molecule has 0 aromatic heterocycles. The zero-order valence-electron chi connectivity index (χ0n) is 23.7. The van der Waals surface area contributed by atoms with E-state index in [2.05, 4.69) is 0 Å². The average Bonchev–Trinajstić information content (AvgIpc) is 3.43. The normalized spacial score (nSPS) is 46.9. The van der Waals surface area contributed by atoms with Gasteiger partial charge in [0, 0.05) is 31.6 Å². The van der Waals surface area contributed by atoms with Crippen molar-refractivity contribution in [2.45, 2.75) is 115 Å². The highest BCUT2D eigenvalue weighted by Crippen LogP contribution is 2.64. The number of carbonyl (C=O) groups excluding carboxylic acids is 4. The molecule has 0 amide bonds. The van der Waals surface area contributed by atoms with E-state index in [0.717, 1.165) is 13.8 Å². The summed E-state index contributed by atoms with van der Waals surface area (Å²) in [5, 5.41) is 34.6. The molecule has 0 bridgehead atoms. The summed E-state index contributed by atoms with van der Waals surface area (Å²) in [6.45, 7) is 9.93. The maximum atomic E-state index is 12.9. The summed E-state index contributed by atoms with van der Waals surface area (Å²) < 4.78 is 28.8. The van der Waals surface area contributed by atoms with E-state index in [9.17, 15) is 34.5 Å². The molecular weight excluding hydrogens is 528 g/mol. The zero-order chi connectivity index (χ0) is 30.0. The fraction of sp³-hybridized carbons (Fsp3) is 0.714. The predicted molar refractivity (Wildman–Crippen MR) is 135 cm³/mol. The van der Waals surface area contributed by atoms with Crippen LogP contribution in [0, 0.1) is 11.3 Å². The molecule has 12 nitrogen and oxygen atoms in total. The molecular formula is C28H38O12. The third kappa shape index (κ3) is 4.36. The van der Waals surface area contributed by atoms with Crippen molar-refractivity contribution < 1.29 is 58.2 Å². The summed E-state index contributed by atoms with van der Waals surface area (Å²) in [6, 6.07) is 0. The smallest absolute Gasteiger partial charge is 0.342 e. The van der Waals surface area contributed by atoms with Crippen molar-refractivity contribution in [3.63, 3.8) is 0 Å². The van der Waals surface area contributed by atoms with Crippen LogP contribution >= 0.6 is 0 Å². The van der Waals surface area contributed by atoms with Crippen LogP contribution in [0.2, 0.25) is 0 Å². The fourth-order valence-corrected chi connectivity index (χ4v) is 6.77. The molecule has 2 heterocycles. The van der Waals surface area contributed by atoms with Crippen molar-refractivity contribution in [2.24, 2.45) is 11.3 Å². The molecule has 2 fully saturated rings. The van der Waals surface area contributed by atoms with Gasteiger partial charge in [-0.3, -0.25) is 14.4 Å². The maximum absolute atomic E-state index is 12.9. The Hall–Kier alpha value is -2.80. The molecule has 2 aliphatic heterocycles. The molecule has 0 radical (unpaired) electrons. The first-order valence-corrected chi connectivity index (χ1v) is 13.4. The van der Waals surface area contributed by atoms with Gasteiger partial charge in [-0.1, -0.05) is 26.0 Å². The molecule has 0 saturated carbocycles. The lowest BCUT2D eigenvalue weighted by Crippen LogP contribution is -2.68. The summed E-state index contributed by atoms with van der Waals surface area (Å²) >= 11 is 0. The molecule has 2 saturated heterocycles. The van der Waals surface area contributed by atoms with Gasteiger partial charge in [-0.2, -0.15) is 0 Å². The zero-order valence-corrected chi connectivity index (χ0v) is 23.7. The van der Waals surface area contributed by atoms with Crippen LogP contribution in [0.4, 0.5) is 0 Å². The van der Waals surface area contributed by atoms with Gasteiger partial charge >= 0.3 is 23.9 Å². The number of epoxide rings is 1. The molecule has 4 rings (SSSR count). The highest BCUT2D eigenvalue weighted by Gasteiger charge is 2.86. The fourth-order valence-electron chi connectivity index (χ4n) is 6.77. The van der Waals surface area contributed by atoms with E-state index < -0.39 is 88.6 Å². The number of ether oxygens (including phenoxy) is 5.